The number of fused-ring (bicyclic) bond motifs is 2. The van der Waals surface area contributed by atoms with E-state index in [-0.39, 0.29) is 35.1 Å². The topological polar surface area (TPSA) is 154 Å². The molecule has 0 spiro atoms. The van der Waals surface area contributed by atoms with Crippen LogP contribution in [0.5, 0.6) is 0 Å². The van der Waals surface area contributed by atoms with Crippen LogP contribution in [0.4, 0.5) is 14.6 Å². The largest absolute Gasteiger partial charge is 0.353 e. The van der Waals surface area contributed by atoms with Crippen molar-refractivity contribution >= 4 is 65.8 Å². The summed E-state index contributed by atoms with van der Waals surface area (Å²) in [6, 6.07) is 9.42. The molecule has 1 amide bonds. The summed E-state index contributed by atoms with van der Waals surface area (Å²) in [6.07, 6.45) is 4.29. The van der Waals surface area contributed by atoms with E-state index in [2.05, 4.69) is 42.7 Å². The number of hydrogen-bond donors (Lipinski definition) is 1. The normalized spacial score (nSPS) is 17.7. The van der Waals surface area contributed by atoms with Gasteiger partial charge in [-0.3, -0.25) is 19.1 Å². The lowest BCUT2D eigenvalue weighted by molar-refractivity contribution is -0.0287. The van der Waals surface area contributed by atoms with E-state index < -0.39 is 33.8 Å². The average molecular weight is 819 g/mol. The number of nitrogens with zero attached hydrogens (tertiary/aromatic N) is 7. The van der Waals surface area contributed by atoms with Gasteiger partial charge in [-0.2, -0.15) is 5.26 Å². The number of piperidine rings is 1. The fourth-order valence-corrected chi connectivity index (χ4v) is 9.34. The quantitative estimate of drug-likeness (QED) is 0.176. The zero-order valence-electron chi connectivity index (χ0n) is 30.7. The van der Waals surface area contributed by atoms with Crippen LogP contribution < -0.4 is 15.2 Å². The van der Waals surface area contributed by atoms with Crippen LogP contribution in [0.3, 0.4) is 0 Å². The van der Waals surface area contributed by atoms with Crippen molar-refractivity contribution in [2.75, 3.05) is 30.8 Å². The number of halogens is 3. The molecule has 2 aliphatic rings. The first-order valence-corrected chi connectivity index (χ1v) is 21.2. The number of amides is 1. The van der Waals surface area contributed by atoms with E-state index in [4.69, 9.17) is 11.6 Å². The maximum atomic E-state index is 14.2. The number of carbonyl (C=O) groups excluding carboxylic acids is 1. The van der Waals surface area contributed by atoms with Gasteiger partial charge in [0, 0.05) is 70.9 Å². The van der Waals surface area contributed by atoms with E-state index in [0.29, 0.717) is 68.5 Å². The Labute approximate surface area is 331 Å². The number of alkyl halides is 2. The highest BCUT2D eigenvalue weighted by Gasteiger charge is 2.40. The number of thiophene rings is 1. The van der Waals surface area contributed by atoms with E-state index >= 15 is 0 Å². The molecule has 290 valence electrons. The molecule has 7 rings (SSSR count). The fraction of sp³-hybridized carbons (Fsp3) is 0.385. The Kier molecular flexibility index (Phi) is 11.1. The summed E-state index contributed by atoms with van der Waals surface area (Å²) in [4.78, 5) is 44.9. The fourth-order valence-electron chi connectivity index (χ4n) is 7.69. The van der Waals surface area contributed by atoms with Crippen LogP contribution in [0.1, 0.15) is 59.9 Å². The second-order valence-corrected chi connectivity index (χ2v) is 17.1. The van der Waals surface area contributed by atoms with Gasteiger partial charge in [0.2, 0.25) is 16.4 Å². The molecule has 2 fully saturated rings. The number of rotatable bonds is 9. The minimum Gasteiger partial charge on any atom is -0.353 e. The van der Waals surface area contributed by atoms with Gasteiger partial charge in [0.05, 0.1) is 45.7 Å². The second kappa shape index (κ2) is 15.9. The summed E-state index contributed by atoms with van der Waals surface area (Å²) in [6.45, 7) is 5.72. The van der Waals surface area contributed by atoms with Crippen molar-refractivity contribution in [3.63, 3.8) is 0 Å². The van der Waals surface area contributed by atoms with Gasteiger partial charge < -0.3 is 9.80 Å². The van der Waals surface area contributed by atoms with Gasteiger partial charge in [0.15, 0.2) is 0 Å². The molecule has 12 nitrogen and oxygen atoms in total. The molecule has 1 N–H and O–H groups in total. The molecule has 1 saturated carbocycles. The van der Waals surface area contributed by atoms with Crippen molar-refractivity contribution in [3.8, 4) is 29.0 Å². The number of aryl methyl sites for hydroxylation is 1. The minimum atomic E-state index is -3.79. The van der Waals surface area contributed by atoms with Crippen LogP contribution in [0.15, 0.2) is 46.8 Å². The monoisotopic (exact) mass is 818 g/mol. The number of sulfonamides is 1. The number of hydrogen-bond acceptors (Lipinski definition) is 11. The van der Waals surface area contributed by atoms with Crippen molar-refractivity contribution in [2.45, 2.75) is 64.6 Å². The van der Waals surface area contributed by atoms with Gasteiger partial charge in [0.25, 0.3) is 11.5 Å². The first kappa shape index (κ1) is 39.2. The van der Waals surface area contributed by atoms with Gasteiger partial charge in [-0.1, -0.05) is 23.4 Å². The predicted molar refractivity (Wildman–Crippen MR) is 213 cm³/mol. The maximum Gasteiger partial charge on any atom is 0.267 e. The molecule has 1 saturated heterocycles. The average Bonchev–Trinajstić information content (AvgIpc) is 3.58. The number of nitrogens with one attached hydrogen (secondary N) is 1. The first-order valence-electron chi connectivity index (χ1n) is 18.0. The molecule has 0 bridgehead atoms. The molecule has 1 aliphatic heterocycles. The van der Waals surface area contributed by atoms with E-state index in [1.54, 1.807) is 36.6 Å². The van der Waals surface area contributed by atoms with E-state index in [1.807, 2.05) is 11.6 Å². The van der Waals surface area contributed by atoms with Crippen molar-refractivity contribution in [1.29, 1.82) is 5.26 Å². The summed E-state index contributed by atoms with van der Waals surface area (Å²) < 4.78 is 53.6. The molecule has 56 heavy (non-hydrogen) atoms. The Morgan fingerprint density at radius 1 is 1.18 bits per heavy atom. The summed E-state index contributed by atoms with van der Waals surface area (Å²) in [5.41, 5.74) is 2.38. The van der Waals surface area contributed by atoms with Crippen molar-refractivity contribution in [1.82, 2.24) is 29.1 Å². The number of nitriles is 1. The summed E-state index contributed by atoms with van der Waals surface area (Å²) in [7, 11) is -3.79. The lowest BCUT2D eigenvalue weighted by Crippen LogP contribution is -2.53. The van der Waals surface area contributed by atoms with E-state index in [9.17, 15) is 32.0 Å². The SMILES string of the molecule is CCN(c1ncc2nc(C)n(CC#Cc3ccc(Cl)cc3-c3ccnc4c(C(=O)NS(C)(=O)=O)csc34)c(=O)c2c1C#N)C1CCN(C2CC(C(F)F)C2)CC1. The molecule has 0 atom stereocenters. The summed E-state index contributed by atoms with van der Waals surface area (Å²) in [5, 5.41) is 12.6. The highest BCUT2D eigenvalue weighted by Crippen LogP contribution is 2.39. The van der Waals surface area contributed by atoms with E-state index in [1.165, 1.54) is 28.3 Å². The third kappa shape index (κ3) is 7.71. The Morgan fingerprint density at radius 3 is 2.61 bits per heavy atom. The lowest BCUT2D eigenvalue weighted by Gasteiger charge is -2.47. The van der Waals surface area contributed by atoms with Gasteiger partial charge in [0.1, 0.15) is 23.3 Å². The second-order valence-electron chi connectivity index (χ2n) is 14.0. The Balaban J connectivity index is 1.17. The highest BCUT2D eigenvalue weighted by molar-refractivity contribution is 7.89. The zero-order valence-corrected chi connectivity index (χ0v) is 33.1. The first-order chi connectivity index (χ1) is 26.8. The van der Waals surface area contributed by atoms with Crippen LogP contribution in [-0.4, -0.2) is 83.1 Å². The lowest BCUT2D eigenvalue weighted by atomic mass is 9.78. The number of anilines is 1. The highest BCUT2D eigenvalue weighted by atomic mass is 35.5. The Morgan fingerprint density at radius 2 is 1.93 bits per heavy atom. The van der Waals surface area contributed by atoms with Crippen LogP contribution in [0.25, 0.3) is 32.2 Å². The molecule has 0 unspecified atom stereocenters. The third-order valence-electron chi connectivity index (χ3n) is 10.6. The van der Waals surface area contributed by atoms with Gasteiger partial charge in [-0.25, -0.2) is 31.9 Å². The predicted octanol–water partition coefficient (Wildman–Crippen LogP) is 5.98. The summed E-state index contributed by atoms with van der Waals surface area (Å²) in [5.74, 6) is 5.76. The Hall–Kier alpha value is -5.00. The molecule has 17 heteroatoms. The molecule has 1 aromatic carbocycles. The molecule has 4 aromatic heterocycles. The molecule has 5 aromatic rings. The van der Waals surface area contributed by atoms with Gasteiger partial charge in [-0.05, 0) is 63.8 Å². The van der Waals surface area contributed by atoms with Crippen molar-refractivity contribution in [2.24, 2.45) is 5.92 Å². The molecular formula is C39H37ClF2N8O4S2. The zero-order chi connectivity index (χ0) is 39.9. The van der Waals surface area contributed by atoms with Gasteiger partial charge >= 0.3 is 0 Å². The standard InChI is InChI=1S/C39H37ClF2N8O4S2/c1-4-49(26-10-14-48(15-11-26)27-16-24(17-27)36(41)42)37-30(19-43)33-32(20-45-37)46-22(2)50(39(33)52)13-5-6-23-7-8-25(40)18-29(23)28-9-12-44-34-31(21-55-35(28)34)38(51)47-56(3,53)54/h7-9,12,18,20-21,24,26-27,36H,4,10-11,13-17H2,1-3H3,(H,47,51). The number of likely N-dealkylation sites (tertiary alicyclic amines) is 1. The molecule has 1 aliphatic carbocycles. The Bertz CT molecular complexity index is 2640. The van der Waals surface area contributed by atoms with E-state index in [0.717, 1.165) is 32.2 Å². The third-order valence-corrected chi connectivity index (χ3v) is 12.4. The molecule has 0 radical (unpaired) electrons. The smallest absolute Gasteiger partial charge is 0.267 e. The van der Waals surface area contributed by atoms with Crippen molar-refractivity contribution in [3.05, 3.63) is 79.9 Å². The molecule has 5 heterocycles. The van der Waals surface area contributed by atoms with Crippen LogP contribution in [0.2, 0.25) is 5.02 Å². The number of benzene rings is 1. The summed E-state index contributed by atoms with van der Waals surface area (Å²) >= 11 is 7.66. The number of aromatic nitrogens is 4. The van der Waals surface area contributed by atoms with Crippen LogP contribution in [0, 0.1) is 36.0 Å². The van der Waals surface area contributed by atoms with Crippen LogP contribution >= 0.6 is 22.9 Å². The van der Waals surface area contributed by atoms with Gasteiger partial charge in [-0.15, -0.1) is 11.3 Å². The van der Waals surface area contributed by atoms with Crippen molar-refractivity contribution < 1.29 is 22.0 Å². The van der Waals surface area contributed by atoms with Crippen LogP contribution in [-0.2, 0) is 16.6 Å². The maximum absolute atomic E-state index is 14.2. The molecular weight excluding hydrogens is 782 g/mol. The number of carbonyl (C=O) groups is 1. The number of pyridine rings is 2. The minimum absolute atomic E-state index is 0.0394.